The minimum Gasteiger partial charge on any atom is -0.390 e. The van der Waals surface area contributed by atoms with E-state index >= 15 is 0 Å². The molecular weight excluding hydrogens is 447 g/mol. The Balaban J connectivity index is 1.34. The van der Waals surface area contributed by atoms with Crippen molar-refractivity contribution in [3.63, 3.8) is 0 Å². The highest BCUT2D eigenvalue weighted by molar-refractivity contribution is 5.91. The normalized spacial score (nSPS) is 19.5. The van der Waals surface area contributed by atoms with E-state index in [2.05, 4.69) is 15.7 Å². The van der Waals surface area contributed by atoms with E-state index in [1.165, 1.54) is 12.1 Å². The Hall–Kier alpha value is -3.98. The third kappa shape index (κ3) is 3.42. The van der Waals surface area contributed by atoms with Crippen molar-refractivity contribution in [3.8, 4) is 16.9 Å². The summed E-state index contributed by atoms with van der Waals surface area (Å²) in [4.78, 5) is 13.2. The van der Waals surface area contributed by atoms with Gasteiger partial charge in [-0.2, -0.15) is 10.2 Å². The Morgan fingerprint density at radius 3 is 2.66 bits per heavy atom. The highest BCUT2D eigenvalue weighted by Crippen LogP contribution is 2.60. The first kappa shape index (κ1) is 21.5. The second kappa shape index (κ2) is 7.78. The molecular formula is C26H25FN6O2. The van der Waals surface area contributed by atoms with Gasteiger partial charge in [-0.1, -0.05) is 24.3 Å². The van der Waals surface area contributed by atoms with Crippen molar-refractivity contribution >= 4 is 11.8 Å². The van der Waals surface area contributed by atoms with Crippen LogP contribution >= 0.6 is 0 Å². The first-order chi connectivity index (χ1) is 16.9. The molecule has 2 heterocycles. The molecule has 2 amide bonds. The standard InChI is InChI=1S/C26H25FN6O2/c1-15-21(16-13-28-32(2)14-16)31-33(18-6-4-3-5-7-18)24(15)30-25(35)29-22-19-12-17(27)8-9-20(19)26(10-11-26)23(22)34/h3-9,12-14,22-23,34H,10-11H2,1-2H3,(H2,29,30,35)/t22-,23?/m1/s1. The maximum absolute atomic E-state index is 14.0. The first-order valence-electron chi connectivity index (χ1n) is 11.6. The van der Waals surface area contributed by atoms with Gasteiger partial charge in [-0.15, -0.1) is 0 Å². The molecule has 6 rings (SSSR count). The van der Waals surface area contributed by atoms with Gasteiger partial charge in [0, 0.05) is 29.8 Å². The zero-order valence-corrected chi connectivity index (χ0v) is 19.4. The molecule has 2 aromatic carbocycles. The Morgan fingerprint density at radius 1 is 1.20 bits per heavy atom. The molecule has 0 radical (unpaired) electrons. The summed E-state index contributed by atoms with van der Waals surface area (Å²) in [5.41, 5.74) is 4.24. The predicted octanol–water partition coefficient (Wildman–Crippen LogP) is 3.99. The number of carbonyl (C=O) groups excluding carboxylic acids is 1. The second-order valence-electron chi connectivity index (χ2n) is 9.38. The second-order valence-corrected chi connectivity index (χ2v) is 9.38. The minimum absolute atomic E-state index is 0.389. The lowest BCUT2D eigenvalue weighted by molar-refractivity contribution is 0.109. The fourth-order valence-electron chi connectivity index (χ4n) is 5.25. The fraction of sp³-hybridized carbons (Fsp3) is 0.269. The lowest BCUT2D eigenvalue weighted by Gasteiger charge is -2.21. The number of urea groups is 1. The minimum atomic E-state index is -0.809. The van der Waals surface area contributed by atoms with Crippen LogP contribution in [0.4, 0.5) is 15.0 Å². The van der Waals surface area contributed by atoms with Crippen LogP contribution in [0.25, 0.3) is 16.9 Å². The van der Waals surface area contributed by atoms with Crippen LogP contribution in [0.1, 0.15) is 35.6 Å². The number of carbonyl (C=O) groups is 1. The number of hydrogen-bond donors (Lipinski definition) is 3. The number of halogens is 1. The molecule has 9 heteroatoms. The summed E-state index contributed by atoms with van der Waals surface area (Å²) in [6, 6.07) is 12.9. The number of nitrogens with one attached hydrogen (secondary N) is 2. The van der Waals surface area contributed by atoms with E-state index in [4.69, 9.17) is 5.10 Å². The number of amides is 2. The first-order valence-corrected chi connectivity index (χ1v) is 11.6. The number of aryl methyl sites for hydroxylation is 1. The van der Waals surface area contributed by atoms with E-state index in [0.29, 0.717) is 17.1 Å². The van der Waals surface area contributed by atoms with Crippen LogP contribution in [0.3, 0.4) is 0 Å². The van der Waals surface area contributed by atoms with Gasteiger partial charge in [0.15, 0.2) is 0 Å². The number of benzene rings is 2. The van der Waals surface area contributed by atoms with Gasteiger partial charge < -0.3 is 10.4 Å². The predicted molar refractivity (Wildman–Crippen MR) is 129 cm³/mol. The molecule has 1 fully saturated rings. The number of nitrogens with zero attached hydrogens (tertiary/aromatic N) is 4. The quantitative estimate of drug-likeness (QED) is 0.418. The summed E-state index contributed by atoms with van der Waals surface area (Å²) in [5, 5.41) is 25.9. The van der Waals surface area contributed by atoms with E-state index in [1.54, 1.807) is 21.6 Å². The van der Waals surface area contributed by atoms with E-state index in [1.807, 2.05) is 50.5 Å². The summed E-state index contributed by atoms with van der Waals surface area (Å²) in [6.07, 6.45) is 4.42. The molecule has 35 heavy (non-hydrogen) atoms. The van der Waals surface area contributed by atoms with Crippen LogP contribution in [-0.4, -0.2) is 36.8 Å². The topological polar surface area (TPSA) is 97.0 Å². The number of para-hydroxylation sites is 1. The highest BCUT2D eigenvalue weighted by Gasteiger charge is 2.59. The maximum atomic E-state index is 14.0. The van der Waals surface area contributed by atoms with Crippen molar-refractivity contribution in [3.05, 3.63) is 83.4 Å². The monoisotopic (exact) mass is 472 g/mol. The molecule has 1 unspecified atom stereocenters. The number of anilines is 1. The average Bonchev–Trinajstić information content (AvgIpc) is 3.38. The van der Waals surface area contributed by atoms with Crippen LogP contribution in [0, 0.1) is 12.7 Å². The Bertz CT molecular complexity index is 1440. The molecule has 2 aromatic heterocycles. The zero-order valence-electron chi connectivity index (χ0n) is 19.4. The van der Waals surface area contributed by atoms with E-state index in [-0.39, 0.29) is 5.82 Å². The summed E-state index contributed by atoms with van der Waals surface area (Å²) in [7, 11) is 1.83. The molecule has 1 saturated carbocycles. The van der Waals surface area contributed by atoms with Crippen molar-refractivity contribution in [1.29, 1.82) is 0 Å². The molecule has 3 N–H and O–H groups in total. The SMILES string of the molecule is Cc1c(-c2cnn(C)c2)nn(-c2ccccc2)c1NC(=O)N[C@@H]1c2cc(F)ccc2C2(CC2)C1O. The van der Waals surface area contributed by atoms with Crippen molar-refractivity contribution in [2.45, 2.75) is 37.3 Å². The molecule has 0 aliphatic heterocycles. The van der Waals surface area contributed by atoms with E-state index < -0.39 is 23.6 Å². The average molecular weight is 473 g/mol. The summed E-state index contributed by atoms with van der Waals surface area (Å²) >= 11 is 0. The molecule has 0 saturated heterocycles. The highest BCUT2D eigenvalue weighted by atomic mass is 19.1. The Labute approximate surface area is 201 Å². The van der Waals surface area contributed by atoms with Crippen LogP contribution < -0.4 is 10.6 Å². The fourth-order valence-corrected chi connectivity index (χ4v) is 5.25. The van der Waals surface area contributed by atoms with Crippen molar-refractivity contribution in [1.82, 2.24) is 24.9 Å². The van der Waals surface area contributed by atoms with Crippen molar-refractivity contribution < 1.29 is 14.3 Å². The summed E-state index contributed by atoms with van der Waals surface area (Å²) in [5.74, 6) is 0.112. The molecule has 178 valence electrons. The number of fused-ring (bicyclic) bond motifs is 2. The van der Waals surface area contributed by atoms with Crippen molar-refractivity contribution in [2.24, 2.45) is 7.05 Å². The largest absolute Gasteiger partial charge is 0.390 e. The third-order valence-corrected chi connectivity index (χ3v) is 7.18. The van der Waals surface area contributed by atoms with Crippen molar-refractivity contribution in [2.75, 3.05) is 5.32 Å². The van der Waals surface area contributed by atoms with Gasteiger partial charge >= 0.3 is 6.03 Å². The van der Waals surface area contributed by atoms with Gasteiger partial charge in [0.05, 0.1) is 24.0 Å². The molecule has 0 bridgehead atoms. The number of aliphatic hydroxyl groups is 1. The molecule has 2 atom stereocenters. The van der Waals surface area contributed by atoms with Gasteiger partial charge in [-0.05, 0) is 55.2 Å². The molecule has 2 aliphatic rings. The van der Waals surface area contributed by atoms with Gasteiger partial charge in [-0.25, -0.2) is 13.9 Å². The van der Waals surface area contributed by atoms with Crippen LogP contribution in [0.2, 0.25) is 0 Å². The number of hydrogen-bond acceptors (Lipinski definition) is 4. The molecule has 8 nitrogen and oxygen atoms in total. The molecule has 4 aromatic rings. The number of aromatic nitrogens is 4. The number of rotatable bonds is 4. The third-order valence-electron chi connectivity index (χ3n) is 7.18. The molecule has 2 aliphatic carbocycles. The van der Waals surface area contributed by atoms with E-state index in [0.717, 1.165) is 35.2 Å². The maximum Gasteiger partial charge on any atom is 0.320 e. The van der Waals surface area contributed by atoms with E-state index in [9.17, 15) is 14.3 Å². The molecule has 1 spiro atoms. The summed E-state index contributed by atoms with van der Waals surface area (Å²) < 4.78 is 17.4. The Morgan fingerprint density at radius 2 is 1.97 bits per heavy atom. The Kier molecular flexibility index (Phi) is 4.79. The summed E-state index contributed by atoms with van der Waals surface area (Å²) in [6.45, 7) is 1.89. The smallest absolute Gasteiger partial charge is 0.320 e. The van der Waals surface area contributed by atoms with Crippen LogP contribution in [-0.2, 0) is 12.5 Å². The van der Waals surface area contributed by atoms with Gasteiger partial charge in [0.25, 0.3) is 0 Å². The van der Waals surface area contributed by atoms with Gasteiger partial charge in [0.1, 0.15) is 17.3 Å². The lowest BCUT2D eigenvalue weighted by Crippen LogP contribution is -2.39. The zero-order chi connectivity index (χ0) is 24.3. The van der Waals surface area contributed by atoms with Crippen LogP contribution in [0.15, 0.2) is 60.9 Å². The van der Waals surface area contributed by atoms with Gasteiger partial charge in [-0.3, -0.25) is 10.00 Å². The lowest BCUT2D eigenvalue weighted by atomic mass is 9.96. The van der Waals surface area contributed by atoms with Gasteiger partial charge in [0.2, 0.25) is 0 Å². The van der Waals surface area contributed by atoms with Crippen LogP contribution in [0.5, 0.6) is 0 Å². The number of aliphatic hydroxyl groups excluding tert-OH is 1.